The number of hydrogen-bond donors (Lipinski definition) is 3. The predicted molar refractivity (Wildman–Crippen MR) is 115 cm³/mol. The van der Waals surface area contributed by atoms with E-state index in [1.807, 2.05) is 24.3 Å². The summed E-state index contributed by atoms with van der Waals surface area (Å²) in [6.07, 6.45) is 2.23. The molecule has 2 aromatic rings. The molecule has 3 N–H and O–H groups in total. The Morgan fingerprint density at radius 3 is 2.39 bits per heavy atom. The smallest absolute Gasteiger partial charge is 0.191 e. The number of aliphatic hydroxyl groups excluding tert-OH is 1. The van der Waals surface area contributed by atoms with Crippen LogP contribution in [0, 0.1) is 0 Å². The third kappa shape index (κ3) is 6.08. The Labute approximate surface area is 168 Å². The van der Waals surface area contributed by atoms with Crippen LogP contribution in [0.25, 0.3) is 0 Å². The molecular formula is C23H32N4O. The first-order valence-electron chi connectivity index (χ1n) is 10.3. The van der Waals surface area contributed by atoms with Crippen molar-refractivity contribution >= 4 is 5.96 Å². The molecule has 0 bridgehead atoms. The SMILES string of the molecule is CCNC(=NCc1ccccc1CO)NC1CCN(Cc2ccccc2)CC1. The van der Waals surface area contributed by atoms with Crippen molar-refractivity contribution in [3.8, 4) is 0 Å². The van der Waals surface area contributed by atoms with E-state index < -0.39 is 0 Å². The molecule has 5 nitrogen and oxygen atoms in total. The number of nitrogens with one attached hydrogen (secondary N) is 2. The van der Waals surface area contributed by atoms with Gasteiger partial charge in [0.15, 0.2) is 5.96 Å². The van der Waals surface area contributed by atoms with Gasteiger partial charge in [0.25, 0.3) is 0 Å². The minimum Gasteiger partial charge on any atom is -0.392 e. The van der Waals surface area contributed by atoms with Crippen molar-refractivity contribution in [1.82, 2.24) is 15.5 Å². The van der Waals surface area contributed by atoms with E-state index in [0.717, 1.165) is 56.1 Å². The molecule has 1 aliphatic heterocycles. The first kappa shape index (κ1) is 20.4. The fourth-order valence-corrected chi connectivity index (χ4v) is 3.62. The summed E-state index contributed by atoms with van der Waals surface area (Å²) in [5, 5.41) is 16.4. The van der Waals surface area contributed by atoms with E-state index in [-0.39, 0.29) is 6.61 Å². The molecule has 0 aromatic heterocycles. The predicted octanol–water partition coefficient (Wildman–Crippen LogP) is 2.90. The van der Waals surface area contributed by atoms with Crippen molar-refractivity contribution in [2.24, 2.45) is 4.99 Å². The van der Waals surface area contributed by atoms with E-state index in [1.54, 1.807) is 0 Å². The fourth-order valence-electron chi connectivity index (χ4n) is 3.62. The molecule has 1 saturated heterocycles. The lowest BCUT2D eigenvalue weighted by Gasteiger charge is -2.33. The Hall–Kier alpha value is -2.37. The van der Waals surface area contributed by atoms with Gasteiger partial charge in [0.05, 0.1) is 13.2 Å². The molecule has 0 amide bonds. The summed E-state index contributed by atoms with van der Waals surface area (Å²) in [5.74, 6) is 0.858. The van der Waals surface area contributed by atoms with Crippen LogP contribution in [0.5, 0.6) is 0 Å². The van der Waals surface area contributed by atoms with E-state index in [1.165, 1.54) is 5.56 Å². The zero-order chi connectivity index (χ0) is 19.6. The summed E-state index contributed by atoms with van der Waals surface area (Å²) < 4.78 is 0. The van der Waals surface area contributed by atoms with Crippen molar-refractivity contribution in [1.29, 1.82) is 0 Å². The summed E-state index contributed by atoms with van der Waals surface area (Å²) >= 11 is 0. The highest BCUT2D eigenvalue weighted by molar-refractivity contribution is 5.80. The average molecular weight is 381 g/mol. The second-order valence-corrected chi connectivity index (χ2v) is 7.30. The highest BCUT2D eigenvalue weighted by Crippen LogP contribution is 2.14. The van der Waals surface area contributed by atoms with Crippen LogP contribution in [-0.4, -0.2) is 41.6 Å². The summed E-state index contributed by atoms with van der Waals surface area (Å²) in [7, 11) is 0. The minimum absolute atomic E-state index is 0.0511. The maximum Gasteiger partial charge on any atom is 0.191 e. The molecule has 0 spiro atoms. The molecule has 0 unspecified atom stereocenters. The third-order valence-electron chi connectivity index (χ3n) is 5.22. The second kappa shape index (κ2) is 10.8. The topological polar surface area (TPSA) is 59.9 Å². The number of nitrogens with zero attached hydrogens (tertiary/aromatic N) is 2. The number of piperidine rings is 1. The number of benzene rings is 2. The molecular weight excluding hydrogens is 348 g/mol. The molecule has 0 aliphatic carbocycles. The zero-order valence-electron chi connectivity index (χ0n) is 16.8. The average Bonchev–Trinajstić information content (AvgIpc) is 2.74. The van der Waals surface area contributed by atoms with Crippen LogP contribution in [0.15, 0.2) is 59.6 Å². The van der Waals surface area contributed by atoms with Crippen LogP contribution >= 0.6 is 0 Å². The van der Waals surface area contributed by atoms with Crippen molar-refractivity contribution in [2.45, 2.75) is 45.5 Å². The van der Waals surface area contributed by atoms with Crippen molar-refractivity contribution < 1.29 is 5.11 Å². The molecule has 2 aromatic carbocycles. The molecule has 0 saturated carbocycles. The lowest BCUT2D eigenvalue weighted by atomic mass is 10.0. The van der Waals surface area contributed by atoms with Gasteiger partial charge in [-0.1, -0.05) is 54.6 Å². The first-order valence-corrected chi connectivity index (χ1v) is 10.3. The van der Waals surface area contributed by atoms with Gasteiger partial charge in [0, 0.05) is 32.2 Å². The Morgan fingerprint density at radius 1 is 1.04 bits per heavy atom. The zero-order valence-corrected chi connectivity index (χ0v) is 16.8. The van der Waals surface area contributed by atoms with Gasteiger partial charge in [-0.25, -0.2) is 4.99 Å². The standard InChI is InChI=1S/C23H32N4O/c1-2-24-23(25-16-20-10-6-7-11-21(20)18-28)26-22-12-14-27(15-13-22)17-19-8-4-3-5-9-19/h3-11,22,28H,2,12-18H2,1H3,(H2,24,25,26). The summed E-state index contributed by atoms with van der Waals surface area (Å²) in [5.41, 5.74) is 3.39. The minimum atomic E-state index is 0.0511. The molecule has 1 aliphatic rings. The van der Waals surface area contributed by atoms with E-state index in [9.17, 15) is 5.11 Å². The van der Waals surface area contributed by atoms with Gasteiger partial charge in [0.1, 0.15) is 0 Å². The Balaban J connectivity index is 1.52. The third-order valence-corrected chi connectivity index (χ3v) is 5.22. The summed E-state index contributed by atoms with van der Waals surface area (Å²) in [4.78, 5) is 7.27. The Bertz CT molecular complexity index is 739. The van der Waals surface area contributed by atoms with Crippen LogP contribution in [0.1, 0.15) is 36.5 Å². The van der Waals surface area contributed by atoms with E-state index in [2.05, 4.69) is 52.8 Å². The molecule has 150 valence electrons. The van der Waals surface area contributed by atoms with Crippen LogP contribution < -0.4 is 10.6 Å². The van der Waals surface area contributed by atoms with Crippen molar-refractivity contribution in [2.75, 3.05) is 19.6 Å². The van der Waals surface area contributed by atoms with E-state index >= 15 is 0 Å². The number of hydrogen-bond acceptors (Lipinski definition) is 3. The summed E-state index contributed by atoms with van der Waals surface area (Å²) in [6.45, 7) is 6.76. The lowest BCUT2D eigenvalue weighted by molar-refractivity contribution is 0.198. The van der Waals surface area contributed by atoms with Crippen LogP contribution in [0.4, 0.5) is 0 Å². The van der Waals surface area contributed by atoms with Gasteiger partial charge >= 0.3 is 0 Å². The number of aliphatic imine (C=N–C) groups is 1. The highest BCUT2D eigenvalue weighted by Gasteiger charge is 2.20. The lowest BCUT2D eigenvalue weighted by Crippen LogP contribution is -2.48. The monoisotopic (exact) mass is 380 g/mol. The molecule has 5 heteroatoms. The number of guanidine groups is 1. The number of rotatable bonds is 7. The number of likely N-dealkylation sites (tertiary alicyclic amines) is 1. The maximum absolute atomic E-state index is 9.49. The summed E-state index contributed by atoms with van der Waals surface area (Å²) in [6, 6.07) is 19.1. The second-order valence-electron chi connectivity index (χ2n) is 7.30. The maximum atomic E-state index is 9.49. The van der Waals surface area contributed by atoms with Gasteiger partial charge in [-0.3, -0.25) is 4.90 Å². The fraction of sp³-hybridized carbons (Fsp3) is 0.435. The molecule has 28 heavy (non-hydrogen) atoms. The van der Waals surface area contributed by atoms with Gasteiger partial charge in [-0.05, 0) is 36.5 Å². The number of aliphatic hydroxyl groups is 1. The quantitative estimate of drug-likeness (QED) is 0.511. The van der Waals surface area contributed by atoms with Gasteiger partial charge in [-0.15, -0.1) is 0 Å². The first-order chi connectivity index (χ1) is 13.8. The largest absolute Gasteiger partial charge is 0.392 e. The molecule has 1 heterocycles. The van der Waals surface area contributed by atoms with Crippen LogP contribution in [-0.2, 0) is 19.7 Å². The normalized spacial score (nSPS) is 16.1. The van der Waals surface area contributed by atoms with Gasteiger partial charge < -0.3 is 15.7 Å². The Kier molecular flexibility index (Phi) is 7.88. The highest BCUT2D eigenvalue weighted by atomic mass is 16.3. The molecule has 0 radical (unpaired) electrons. The molecule has 3 rings (SSSR count). The van der Waals surface area contributed by atoms with Crippen LogP contribution in [0.2, 0.25) is 0 Å². The molecule has 1 fully saturated rings. The van der Waals surface area contributed by atoms with Crippen molar-refractivity contribution in [3.63, 3.8) is 0 Å². The van der Waals surface area contributed by atoms with Gasteiger partial charge in [-0.2, -0.15) is 0 Å². The van der Waals surface area contributed by atoms with Crippen molar-refractivity contribution in [3.05, 3.63) is 71.3 Å². The van der Waals surface area contributed by atoms with Crippen LogP contribution in [0.3, 0.4) is 0 Å². The van der Waals surface area contributed by atoms with E-state index in [4.69, 9.17) is 4.99 Å². The Morgan fingerprint density at radius 2 is 1.71 bits per heavy atom. The van der Waals surface area contributed by atoms with E-state index in [0.29, 0.717) is 12.6 Å². The van der Waals surface area contributed by atoms with Gasteiger partial charge in [0.2, 0.25) is 0 Å². The molecule has 0 atom stereocenters.